The number of para-hydroxylation sites is 1. The van der Waals surface area contributed by atoms with E-state index in [0.717, 1.165) is 16.8 Å². The maximum atomic E-state index is 12.9. The summed E-state index contributed by atoms with van der Waals surface area (Å²) in [5, 5.41) is 3.15. The summed E-state index contributed by atoms with van der Waals surface area (Å²) in [6, 6.07) is 9.46. The number of piperazine rings is 1. The Hall–Kier alpha value is -2.76. The Morgan fingerprint density at radius 2 is 1.46 bits per heavy atom. The molecule has 0 bridgehead atoms. The van der Waals surface area contributed by atoms with Crippen LogP contribution in [0.25, 0.3) is 0 Å². The fraction of sp³-hybridized carbons (Fsp3) is 0.455. The molecule has 6 nitrogen and oxygen atoms in total. The molecule has 2 aromatic rings. The standard InChI is InChI=1S/C22H29N3O3/c1-15(2)17-7-5-8-18(16(3)4)20(17)23-22(27)25-12-10-24(11-13-25)21(26)19-9-6-14-28-19/h5-9,14-16H,10-13H2,1-4H3,(H,23,27). The van der Waals surface area contributed by atoms with Gasteiger partial charge in [-0.15, -0.1) is 0 Å². The second-order valence-electron chi connectivity index (χ2n) is 7.81. The Kier molecular flexibility index (Phi) is 6.07. The molecule has 1 saturated heterocycles. The van der Waals surface area contributed by atoms with E-state index in [1.54, 1.807) is 21.9 Å². The molecule has 0 unspecified atom stereocenters. The molecule has 0 aliphatic carbocycles. The van der Waals surface area contributed by atoms with Crippen LogP contribution in [0.4, 0.5) is 10.5 Å². The third-order valence-corrected chi connectivity index (χ3v) is 5.19. The van der Waals surface area contributed by atoms with Crippen LogP contribution in [0, 0.1) is 0 Å². The number of carbonyl (C=O) groups is 2. The van der Waals surface area contributed by atoms with Gasteiger partial charge in [0.2, 0.25) is 0 Å². The van der Waals surface area contributed by atoms with Crippen LogP contribution in [0.2, 0.25) is 0 Å². The van der Waals surface area contributed by atoms with Gasteiger partial charge in [0.25, 0.3) is 5.91 Å². The second kappa shape index (κ2) is 8.50. The summed E-state index contributed by atoms with van der Waals surface area (Å²) >= 11 is 0. The first-order valence-corrected chi connectivity index (χ1v) is 9.90. The number of carbonyl (C=O) groups excluding carboxylic acids is 2. The molecule has 150 valence electrons. The van der Waals surface area contributed by atoms with Crippen molar-refractivity contribution in [3.63, 3.8) is 0 Å². The number of rotatable bonds is 4. The lowest BCUT2D eigenvalue weighted by molar-refractivity contribution is 0.0640. The third-order valence-electron chi connectivity index (χ3n) is 5.19. The average Bonchev–Trinajstić information content (AvgIpc) is 3.22. The van der Waals surface area contributed by atoms with E-state index in [1.807, 2.05) is 0 Å². The molecule has 0 atom stereocenters. The molecule has 0 radical (unpaired) electrons. The first kappa shape index (κ1) is 20.0. The molecule has 6 heteroatoms. The zero-order valence-corrected chi connectivity index (χ0v) is 17.1. The minimum Gasteiger partial charge on any atom is -0.459 e. The van der Waals surface area contributed by atoms with Crippen molar-refractivity contribution in [1.29, 1.82) is 0 Å². The average molecular weight is 383 g/mol. The van der Waals surface area contributed by atoms with Crippen LogP contribution in [-0.4, -0.2) is 47.9 Å². The second-order valence-corrected chi connectivity index (χ2v) is 7.81. The quantitative estimate of drug-likeness (QED) is 0.844. The molecule has 1 aliphatic heterocycles. The smallest absolute Gasteiger partial charge is 0.321 e. The number of benzene rings is 1. The first-order chi connectivity index (χ1) is 13.4. The lowest BCUT2D eigenvalue weighted by atomic mass is 9.93. The Labute approximate surface area is 166 Å². The summed E-state index contributed by atoms with van der Waals surface area (Å²) in [6.45, 7) is 10.5. The van der Waals surface area contributed by atoms with Crippen molar-refractivity contribution in [2.45, 2.75) is 39.5 Å². The molecule has 0 spiro atoms. The number of nitrogens with zero attached hydrogens (tertiary/aromatic N) is 2. The third kappa shape index (κ3) is 4.21. The van der Waals surface area contributed by atoms with Crippen molar-refractivity contribution < 1.29 is 14.0 Å². The van der Waals surface area contributed by atoms with Crippen LogP contribution in [0.1, 0.15) is 61.2 Å². The minimum absolute atomic E-state index is 0.111. The number of nitrogens with one attached hydrogen (secondary N) is 1. The van der Waals surface area contributed by atoms with Gasteiger partial charge in [-0.2, -0.15) is 0 Å². The monoisotopic (exact) mass is 383 g/mol. The van der Waals surface area contributed by atoms with Gasteiger partial charge >= 0.3 is 6.03 Å². The van der Waals surface area contributed by atoms with E-state index in [2.05, 4.69) is 51.2 Å². The first-order valence-electron chi connectivity index (χ1n) is 9.90. The maximum Gasteiger partial charge on any atom is 0.321 e. The summed E-state index contributed by atoms with van der Waals surface area (Å²) in [5.74, 6) is 0.844. The summed E-state index contributed by atoms with van der Waals surface area (Å²) in [4.78, 5) is 28.8. The minimum atomic E-state index is -0.127. The molecule has 3 amide bonds. The lowest BCUT2D eigenvalue weighted by Gasteiger charge is -2.34. The highest BCUT2D eigenvalue weighted by Gasteiger charge is 2.27. The van der Waals surface area contributed by atoms with Gasteiger partial charge in [0, 0.05) is 31.9 Å². The fourth-order valence-corrected chi connectivity index (χ4v) is 3.55. The Balaban J connectivity index is 1.67. The molecule has 1 fully saturated rings. The maximum absolute atomic E-state index is 12.9. The van der Waals surface area contributed by atoms with Crippen molar-refractivity contribution in [2.24, 2.45) is 0 Å². The molecular formula is C22H29N3O3. The largest absolute Gasteiger partial charge is 0.459 e. The van der Waals surface area contributed by atoms with Crippen LogP contribution in [-0.2, 0) is 0 Å². The summed E-state index contributed by atoms with van der Waals surface area (Å²) in [5.41, 5.74) is 3.21. The van der Waals surface area contributed by atoms with Gasteiger partial charge in [0.1, 0.15) is 0 Å². The van der Waals surface area contributed by atoms with Gasteiger partial charge in [-0.3, -0.25) is 4.79 Å². The van der Waals surface area contributed by atoms with Crippen LogP contribution >= 0.6 is 0 Å². The molecule has 3 rings (SSSR count). The van der Waals surface area contributed by atoms with E-state index in [-0.39, 0.29) is 11.9 Å². The predicted molar refractivity (Wildman–Crippen MR) is 110 cm³/mol. The number of urea groups is 1. The zero-order chi connectivity index (χ0) is 20.3. The summed E-state index contributed by atoms with van der Waals surface area (Å²) < 4.78 is 5.19. The Morgan fingerprint density at radius 1 is 0.893 bits per heavy atom. The highest BCUT2D eigenvalue weighted by Crippen LogP contribution is 2.32. The van der Waals surface area contributed by atoms with Crippen LogP contribution in [0.15, 0.2) is 41.0 Å². The highest BCUT2D eigenvalue weighted by molar-refractivity contribution is 5.93. The van der Waals surface area contributed by atoms with E-state index < -0.39 is 0 Å². The molecule has 1 aromatic heterocycles. The van der Waals surface area contributed by atoms with Crippen LogP contribution < -0.4 is 5.32 Å². The van der Waals surface area contributed by atoms with Crippen LogP contribution in [0.3, 0.4) is 0 Å². The molecular weight excluding hydrogens is 354 g/mol. The molecule has 28 heavy (non-hydrogen) atoms. The topological polar surface area (TPSA) is 65.8 Å². The number of amides is 3. The van der Waals surface area contributed by atoms with Crippen LogP contribution in [0.5, 0.6) is 0 Å². The summed E-state index contributed by atoms with van der Waals surface area (Å²) in [6.07, 6.45) is 1.50. The molecule has 1 aromatic carbocycles. The number of hydrogen-bond acceptors (Lipinski definition) is 3. The molecule has 0 saturated carbocycles. The number of hydrogen-bond donors (Lipinski definition) is 1. The van der Waals surface area contributed by atoms with Gasteiger partial charge in [0.05, 0.1) is 6.26 Å². The SMILES string of the molecule is CC(C)c1cccc(C(C)C)c1NC(=O)N1CCN(C(=O)c2ccco2)CC1. The van der Waals surface area contributed by atoms with Crippen molar-refractivity contribution in [2.75, 3.05) is 31.5 Å². The van der Waals surface area contributed by atoms with E-state index in [0.29, 0.717) is 43.8 Å². The normalized spacial score (nSPS) is 14.6. The van der Waals surface area contributed by atoms with Gasteiger partial charge in [-0.1, -0.05) is 45.9 Å². The number of anilines is 1. The number of furan rings is 1. The van der Waals surface area contributed by atoms with Crippen molar-refractivity contribution in [3.05, 3.63) is 53.5 Å². The van der Waals surface area contributed by atoms with Crippen molar-refractivity contribution >= 4 is 17.6 Å². The highest BCUT2D eigenvalue weighted by atomic mass is 16.3. The zero-order valence-electron chi connectivity index (χ0n) is 17.1. The van der Waals surface area contributed by atoms with Crippen molar-refractivity contribution in [3.8, 4) is 0 Å². The molecule has 1 aliphatic rings. The van der Waals surface area contributed by atoms with Gasteiger partial charge in [-0.25, -0.2) is 4.79 Å². The van der Waals surface area contributed by atoms with E-state index >= 15 is 0 Å². The van der Waals surface area contributed by atoms with E-state index in [4.69, 9.17) is 4.42 Å². The Bertz CT molecular complexity index is 793. The van der Waals surface area contributed by atoms with Crippen molar-refractivity contribution in [1.82, 2.24) is 9.80 Å². The van der Waals surface area contributed by atoms with Gasteiger partial charge in [0.15, 0.2) is 5.76 Å². The predicted octanol–water partition coefficient (Wildman–Crippen LogP) is 4.52. The molecule has 2 heterocycles. The van der Waals surface area contributed by atoms with Gasteiger partial charge < -0.3 is 19.5 Å². The van der Waals surface area contributed by atoms with Gasteiger partial charge in [-0.05, 0) is 35.1 Å². The van der Waals surface area contributed by atoms with E-state index in [1.165, 1.54) is 6.26 Å². The Morgan fingerprint density at radius 3 is 1.96 bits per heavy atom. The summed E-state index contributed by atoms with van der Waals surface area (Å²) in [7, 11) is 0. The lowest BCUT2D eigenvalue weighted by Crippen LogP contribution is -2.51. The molecule has 1 N–H and O–H groups in total. The van der Waals surface area contributed by atoms with E-state index in [9.17, 15) is 9.59 Å². The fourth-order valence-electron chi connectivity index (χ4n) is 3.55.